The van der Waals surface area contributed by atoms with Gasteiger partial charge in [-0.15, -0.1) is 0 Å². The minimum absolute atomic E-state index is 0.458. The van der Waals surface area contributed by atoms with Gasteiger partial charge in [-0.2, -0.15) is 0 Å². The molecule has 21 heavy (non-hydrogen) atoms. The molecule has 1 atom stereocenters. The monoisotopic (exact) mass is 282 g/mol. The van der Waals surface area contributed by atoms with Gasteiger partial charge in [0.2, 0.25) is 0 Å². The molecule has 2 aromatic rings. The van der Waals surface area contributed by atoms with E-state index in [1.165, 1.54) is 55.9 Å². The summed E-state index contributed by atoms with van der Waals surface area (Å²) in [5.74, 6) is 0.879. The molecule has 0 saturated heterocycles. The molecule has 3 rings (SSSR count). The fourth-order valence-corrected chi connectivity index (χ4v) is 3.65. The fourth-order valence-electron chi connectivity index (χ4n) is 3.65. The minimum Gasteiger partial charge on any atom is -0.313 e. The van der Waals surface area contributed by atoms with E-state index in [4.69, 9.17) is 0 Å². The van der Waals surface area contributed by atoms with Gasteiger partial charge in [0, 0.05) is 17.6 Å². The molecular weight excluding hydrogens is 256 g/mol. The van der Waals surface area contributed by atoms with Crippen LogP contribution in [-0.2, 0) is 0 Å². The molecular formula is C19H26N2. The lowest BCUT2D eigenvalue weighted by Gasteiger charge is -2.23. The normalized spacial score (nSPS) is 18.5. The van der Waals surface area contributed by atoms with Crippen molar-refractivity contribution < 1.29 is 0 Å². The van der Waals surface area contributed by atoms with Crippen LogP contribution in [-0.4, -0.2) is 12.0 Å². The van der Waals surface area contributed by atoms with Gasteiger partial charge < -0.3 is 5.32 Å². The number of nitrogens with one attached hydrogen (secondary N) is 1. The zero-order valence-electron chi connectivity index (χ0n) is 13.0. The number of hydrogen-bond acceptors (Lipinski definition) is 2. The molecule has 1 aromatic heterocycles. The van der Waals surface area contributed by atoms with Gasteiger partial charge in [0.1, 0.15) is 0 Å². The van der Waals surface area contributed by atoms with E-state index in [9.17, 15) is 0 Å². The number of aromatic nitrogens is 1. The van der Waals surface area contributed by atoms with Crippen LogP contribution in [0.15, 0.2) is 36.5 Å². The molecule has 112 valence electrons. The molecule has 1 heterocycles. The smallest absolute Gasteiger partial charge is 0.0705 e. The third-order valence-corrected chi connectivity index (χ3v) is 4.92. The van der Waals surface area contributed by atoms with E-state index in [0.717, 1.165) is 11.4 Å². The van der Waals surface area contributed by atoms with E-state index in [2.05, 4.69) is 41.6 Å². The predicted molar refractivity (Wildman–Crippen MR) is 89.4 cm³/mol. The number of benzene rings is 1. The number of nitrogens with zero attached hydrogens (tertiary/aromatic N) is 1. The predicted octanol–water partition coefficient (Wildman–Crippen LogP) is 4.86. The molecule has 2 nitrogen and oxygen atoms in total. The van der Waals surface area contributed by atoms with Crippen molar-refractivity contribution >= 4 is 10.9 Å². The molecule has 1 aromatic carbocycles. The summed E-state index contributed by atoms with van der Waals surface area (Å²) in [6.07, 6.45) is 11.6. The van der Waals surface area contributed by atoms with Gasteiger partial charge in [0.05, 0.1) is 5.52 Å². The van der Waals surface area contributed by atoms with Crippen molar-refractivity contribution in [2.24, 2.45) is 5.92 Å². The van der Waals surface area contributed by atoms with Crippen LogP contribution in [0.4, 0.5) is 0 Å². The molecule has 1 unspecified atom stereocenters. The number of hydrogen-bond donors (Lipinski definition) is 1. The van der Waals surface area contributed by atoms with Gasteiger partial charge in [0.25, 0.3) is 0 Å². The zero-order chi connectivity index (χ0) is 14.5. The molecule has 0 bridgehead atoms. The lowest BCUT2D eigenvalue weighted by Crippen LogP contribution is -2.20. The first-order valence-corrected chi connectivity index (χ1v) is 8.39. The SMILES string of the molecule is CNC(CC1CCCCCC1)c1ccc2cccnc2c1. The maximum Gasteiger partial charge on any atom is 0.0705 e. The molecule has 0 spiro atoms. The Labute approximate surface area is 128 Å². The zero-order valence-corrected chi connectivity index (χ0v) is 13.0. The molecule has 1 saturated carbocycles. The van der Waals surface area contributed by atoms with E-state index in [0.29, 0.717) is 6.04 Å². The molecule has 1 aliphatic carbocycles. The van der Waals surface area contributed by atoms with Crippen LogP contribution in [0.2, 0.25) is 0 Å². The molecule has 0 aliphatic heterocycles. The van der Waals surface area contributed by atoms with Crippen LogP contribution in [0.5, 0.6) is 0 Å². The van der Waals surface area contributed by atoms with E-state index >= 15 is 0 Å². The molecule has 1 fully saturated rings. The lowest BCUT2D eigenvalue weighted by atomic mass is 9.89. The Morgan fingerprint density at radius 2 is 1.95 bits per heavy atom. The van der Waals surface area contributed by atoms with Crippen molar-refractivity contribution in [3.63, 3.8) is 0 Å². The van der Waals surface area contributed by atoms with Crippen molar-refractivity contribution in [1.29, 1.82) is 0 Å². The number of pyridine rings is 1. The van der Waals surface area contributed by atoms with Crippen LogP contribution in [0.25, 0.3) is 10.9 Å². The van der Waals surface area contributed by atoms with Gasteiger partial charge >= 0.3 is 0 Å². The third kappa shape index (κ3) is 3.62. The van der Waals surface area contributed by atoms with Crippen LogP contribution < -0.4 is 5.32 Å². The molecule has 1 aliphatic rings. The summed E-state index contributed by atoms with van der Waals surface area (Å²) < 4.78 is 0. The van der Waals surface area contributed by atoms with E-state index in [1.807, 2.05) is 12.3 Å². The van der Waals surface area contributed by atoms with Gasteiger partial charge in [-0.25, -0.2) is 0 Å². The summed E-state index contributed by atoms with van der Waals surface area (Å²) in [6.45, 7) is 0. The second-order valence-corrected chi connectivity index (χ2v) is 6.39. The standard InChI is InChI=1S/C19H26N2/c1-20-18(13-15-7-4-2-3-5-8-15)17-11-10-16-9-6-12-21-19(16)14-17/h6,9-12,14-15,18,20H,2-5,7-8,13H2,1H3. The topological polar surface area (TPSA) is 24.9 Å². The summed E-state index contributed by atoms with van der Waals surface area (Å²) in [4.78, 5) is 4.49. The van der Waals surface area contributed by atoms with Gasteiger partial charge in [-0.1, -0.05) is 56.7 Å². The number of rotatable bonds is 4. The Bertz CT molecular complexity index is 571. The van der Waals surface area contributed by atoms with Gasteiger partial charge in [0.15, 0.2) is 0 Å². The first kappa shape index (κ1) is 14.5. The summed E-state index contributed by atoms with van der Waals surface area (Å²) >= 11 is 0. The minimum atomic E-state index is 0.458. The van der Waals surface area contributed by atoms with E-state index in [-0.39, 0.29) is 0 Å². The Balaban J connectivity index is 1.77. The van der Waals surface area contributed by atoms with Crippen molar-refractivity contribution in [3.8, 4) is 0 Å². The van der Waals surface area contributed by atoms with Crippen molar-refractivity contribution in [3.05, 3.63) is 42.1 Å². The Morgan fingerprint density at radius 3 is 2.71 bits per heavy atom. The Kier molecular flexibility index (Phi) is 4.87. The highest BCUT2D eigenvalue weighted by Gasteiger charge is 2.18. The average molecular weight is 282 g/mol. The highest BCUT2D eigenvalue weighted by Crippen LogP contribution is 2.31. The third-order valence-electron chi connectivity index (χ3n) is 4.92. The lowest BCUT2D eigenvalue weighted by molar-refractivity contribution is 0.368. The van der Waals surface area contributed by atoms with Crippen molar-refractivity contribution in [2.75, 3.05) is 7.05 Å². The Morgan fingerprint density at radius 1 is 1.14 bits per heavy atom. The first-order chi connectivity index (χ1) is 10.4. The summed E-state index contributed by atoms with van der Waals surface area (Å²) in [5, 5.41) is 4.75. The van der Waals surface area contributed by atoms with Crippen molar-refractivity contribution in [1.82, 2.24) is 10.3 Å². The summed E-state index contributed by atoms with van der Waals surface area (Å²) in [5.41, 5.74) is 2.49. The van der Waals surface area contributed by atoms with Crippen LogP contribution >= 0.6 is 0 Å². The quantitative estimate of drug-likeness (QED) is 0.810. The molecule has 2 heteroatoms. The van der Waals surface area contributed by atoms with Crippen LogP contribution in [0.1, 0.15) is 56.6 Å². The maximum atomic E-state index is 4.49. The molecule has 0 amide bonds. The van der Waals surface area contributed by atoms with Gasteiger partial charge in [-0.05, 0) is 37.1 Å². The molecule has 0 radical (unpaired) electrons. The fraction of sp³-hybridized carbons (Fsp3) is 0.526. The van der Waals surface area contributed by atoms with Crippen LogP contribution in [0, 0.1) is 5.92 Å². The molecule has 1 N–H and O–H groups in total. The highest BCUT2D eigenvalue weighted by molar-refractivity contribution is 5.78. The van der Waals surface area contributed by atoms with Gasteiger partial charge in [-0.3, -0.25) is 4.98 Å². The highest BCUT2D eigenvalue weighted by atomic mass is 14.9. The summed E-state index contributed by atoms with van der Waals surface area (Å²) in [7, 11) is 2.09. The average Bonchev–Trinajstić information content (AvgIpc) is 2.81. The Hall–Kier alpha value is -1.41. The maximum absolute atomic E-state index is 4.49. The number of fused-ring (bicyclic) bond motifs is 1. The van der Waals surface area contributed by atoms with E-state index < -0.39 is 0 Å². The first-order valence-electron chi connectivity index (χ1n) is 8.39. The summed E-state index contributed by atoms with van der Waals surface area (Å²) in [6, 6.07) is 11.3. The van der Waals surface area contributed by atoms with Crippen LogP contribution in [0.3, 0.4) is 0 Å². The van der Waals surface area contributed by atoms with E-state index in [1.54, 1.807) is 0 Å². The largest absolute Gasteiger partial charge is 0.313 e. The van der Waals surface area contributed by atoms with Crippen molar-refractivity contribution in [2.45, 2.75) is 51.0 Å². The second kappa shape index (κ2) is 7.04. The second-order valence-electron chi connectivity index (χ2n) is 6.39.